The Morgan fingerprint density at radius 2 is 0.806 bits per heavy atom. The Morgan fingerprint density at radius 1 is 0.710 bits per heavy atom. The second kappa shape index (κ2) is 218. The molecule has 0 rings (SSSR count). The van der Waals surface area contributed by atoms with Gasteiger partial charge in [-0.05, 0) is 6.92 Å². The molecule has 62 heavy (non-hydrogen) atoms. The van der Waals surface area contributed by atoms with Gasteiger partial charge >= 0.3 is 144 Å². The number of hydrogen-bond donors (Lipinski definition) is 11. The molecule has 0 aliphatic carbocycles. The summed E-state index contributed by atoms with van der Waals surface area (Å²) in [4.78, 5) is 95.8. The number of phosphoric ester groups is 1. The van der Waals surface area contributed by atoms with Crippen LogP contribution in [0.2, 0.25) is 0 Å². The Morgan fingerprint density at radius 3 is 0.839 bits per heavy atom. The number of primary amides is 5. The molecule has 20 N–H and O–H groups in total. The van der Waals surface area contributed by atoms with E-state index >= 15 is 0 Å². The zero-order chi connectivity index (χ0) is 33.6. The van der Waals surface area contributed by atoms with Crippen LogP contribution in [0.5, 0.6) is 0 Å². The van der Waals surface area contributed by atoms with Gasteiger partial charge < -0.3 is 84.0 Å². The summed E-state index contributed by atoms with van der Waals surface area (Å²) in [6, 6.07) is -2.24. The standard InChI is InChI=1S/C3H8N4O2.C2H5NO.C2H7O4P.C2H4O.CH4N2O.CO2.19CH4.2K.H3N.H2O4Si.O3Si.H2O.2H2/c4-2(8)6-1-7-3(5)9;1-2(3)4;1-5-7(3,4)6-2;1-2-3;2-1(3)4;2-1-3;;;;;;;;;;;;;;;;;;;;;;;1-4-5(2)3;1-4(2)3;;;/h1H2,(H3,4,6,8)(H3,5,7,9);1H3,(H2,3,4);1-2H3,(H,3,4);2H,1H3;(H4,2,3,4);;19*1H4;;;1H3;1-2H;;1H2;2*1H/q;;;;;;;;;;;;;;;;;;;;;;;;;2*+1;;;-2;;;/i;;;;;;;;;;;;;;;;;;;;;;;;;;;;;;;1+1;. The minimum Gasteiger partial charge on any atom is -0.672 e. The van der Waals surface area contributed by atoms with Crippen LogP contribution < -0.4 is 158 Å². The van der Waals surface area contributed by atoms with Crippen molar-refractivity contribution < 1.29 is 196 Å². The molecule has 0 atom stereocenters. The molecule has 0 saturated carbocycles. The van der Waals surface area contributed by atoms with E-state index in [1.54, 1.807) is 0 Å². The molecule has 0 radical (unpaired) electrons. The summed E-state index contributed by atoms with van der Waals surface area (Å²) >= 11 is 0. The Labute approximate surface area is 475 Å². The zero-order valence-electron chi connectivity index (χ0n) is 23.8. The average molecular weight is 1060 g/mol. The van der Waals surface area contributed by atoms with E-state index in [-0.39, 0.29) is 277 Å². The van der Waals surface area contributed by atoms with Crippen molar-refractivity contribution in [1.29, 1.82) is 0 Å². The number of nitrogens with two attached hydrogens (primary N) is 5. The van der Waals surface area contributed by atoms with E-state index < -0.39 is 44.3 Å². The number of aldehydes is 1. The van der Waals surface area contributed by atoms with E-state index in [1.165, 1.54) is 13.8 Å². The van der Waals surface area contributed by atoms with Crippen molar-refractivity contribution in [2.75, 3.05) is 20.9 Å². The van der Waals surface area contributed by atoms with Crippen LogP contribution >= 0.6 is 7.82 Å². The first-order valence-corrected chi connectivity index (χ1v) is 12.2. The van der Waals surface area contributed by atoms with Crippen molar-refractivity contribution >= 4 is 62.6 Å². The summed E-state index contributed by atoms with van der Waals surface area (Å²) in [6.45, 7) is 2.71. The van der Waals surface area contributed by atoms with Gasteiger partial charge in [0.05, 0.1) is 6.67 Å². The molecule has 32 heteroatoms. The molecule has 0 aromatic rings. The molecule has 404 valence electrons. The van der Waals surface area contributed by atoms with Crippen LogP contribution in [0.3, 0.4) is 0 Å². The zero-order valence-corrected chi connectivity index (χ0v) is 32.9. The van der Waals surface area contributed by atoms with Crippen molar-refractivity contribution in [3.05, 3.63) is 0 Å². The summed E-state index contributed by atoms with van der Waals surface area (Å²) in [7, 11) is -8.15. The average Bonchev–Trinajstić information content (AvgIpc) is 2.74. The third-order valence-corrected chi connectivity index (χ3v) is 2.14. The first-order chi connectivity index (χ1) is 17.5. The Hall–Kier alpha value is -1.17. The Kier molecular flexibility index (Phi) is 860. The molecular weight excluding hydrogens is 942 g/mol. The van der Waals surface area contributed by atoms with Gasteiger partial charge in [-0.2, -0.15) is 9.59 Å². The predicted octanol–water partition coefficient (Wildman–Crippen LogP) is -1.27. The van der Waals surface area contributed by atoms with Crippen molar-refractivity contribution in [1.82, 2.24) is 16.8 Å². The third kappa shape index (κ3) is 1200. The van der Waals surface area contributed by atoms with Gasteiger partial charge in [0.25, 0.3) is 0 Å². The number of carbonyl (C=O) groups is 5. The van der Waals surface area contributed by atoms with E-state index in [0.717, 1.165) is 20.5 Å². The van der Waals surface area contributed by atoms with E-state index in [1.807, 2.05) is 0 Å². The molecule has 0 saturated heterocycles. The van der Waals surface area contributed by atoms with Crippen molar-refractivity contribution in [2.24, 2.45) is 28.7 Å². The minimum atomic E-state index is -3.65. The fourth-order valence-electron chi connectivity index (χ4n) is 0.293. The molecule has 0 aromatic heterocycles. The fraction of sp³-hybridized carbons (Fsp3) is 0.800. The molecule has 0 spiro atoms. The number of carbonyl (C=O) groups excluding carboxylic acids is 7. The molecule has 0 aromatic carbocycles. The van der Waals surface area contributed by atoms with E-state index in [9.17, 15) is 18.9 Å². The first kappa shape index (κ1) is 245. The van der Waals surface area contributed by atoms with Crippen LogP contribution in [0, 0.1) is 0 Å². The molecule has 27 nitrogen and oxygen atoms in total. The number of nitrogens with one attached hydrogen (secondary N) is 2. The quantitative estimate of drug-likeness (QED) is 0.0382. The molecular formula is C30H115K2N8O19PSi2. The van der Waals surface area contributed by atoms with E-state index in [0.29, 0.717) is 0 Å². The largest absolute Gasteiger partial charge is 1.00 e. The van der Waals surface area contributed by atoms with Gasteiger partial charge in [0, 0.05) is 33.2 Å². The maximum Gasteiger partial charge on any atom is 1.00 e. The maximum absolute atomic E-state index is 10.1. The first-order valence-electron chi connectivity index (χ1n) is 8.18. The number of hydrogen-bond acceptors (Lipinski definition) is 17. The minimum absolute atomic E-state index is 0. The van der Waals surface area contributed by atoms with Crippen LogP contribution in [-0.4, -0.2) is 96.1 Å². The van der Waals surface area contributed by atoms with E-state index in [4.69, 9.17) is 52.6 Å². The molecule has 0 fully saturated rings. The SMILES string of the molecule is C.C.C.C.C.C.C.C.C.C.C.C.C.C.C.C.C.C.C.CC(N)=O.CC=O.COP(=O)(O)OC.N.NC(=O)NCNC(N)=O.NC(N)=O.O.O=C=O.O=[Si](O)OO.O=[Si]([O-])[O-].[2HH].[HH].[K+].[K+]. The van der Waals surface area contributed by atoms with Crippen molar-refractivity contribution in [3.63, 3.8) is 0 Å². The normalized spacial score (nSPS) is 4.55. The topological polar surface area (TPSA) is 526 Å². The smallest absolute Gasteiger partial charge is 0.672 e. The number of phosphoric acid groups is 1. The van der Waals surface area contributed by atoms with Crippen molar-refractivity contribution in [3.8, 4) is 0 Å². The second-order valence-electron chi connectivity index (χ2n) is 4.03. The molecule has 0 aliphatic rings. The maximum atomic E-state index is 10.1. The molecule has 0 unspecified atom stereocenters. The van der Waals surface area contributed by atoms with Gasteiger partial charge in [-0.1, -0.05) is 141 Å². The van der Waals surface area contributed by atoms with Gasteiger partial charge in [-0.15, -0.1) is 0 Å². The summed E-state index contributed by atoms with van der Waals surface area (Å²) in [5, 5.41) is 11.3. The van der Waals surface area contributed by atoms with Gasteiger partial charge in [0.1, 0.15) is 6.29 Å². The summed E-state index contributed by atoms with van der Waals surface area (Å²) in [5.41, 5.74) is 22.2. The van der Waals surface area contributed by atoms with Crippen LogP contribution in [0.1, 0.15) is 158 Å². The van der Waals surface area contributed by atoms with Crippen LogP contribution in [0.15, 0.2) is 0 Å². The fourth-order valence-corrected chi connectivity index (χ4v) is 0.442. The summed E-state index contributed by atoms with van der Waals surface area (Å²) in [5.74, 6) is -0.333. The van der Waals surface area contributed by atoms with Crippen LogP contribution in [0.4, 0.5) is 14.4 Å². The number of amides is 7. The molecule has 0 bridgehead atoms. The molecule has 0 aliphatic heterocycles. The van der Waals surface area contributed by atoms with Crippen LogP contribution in [0.25, 0.3) is 0 Å². The predicted molar refractivity (Wildman–Crippen MR) is 259 cm³/mol. The van der Waals surface area contributed by atoms with Gasteiger partial charge in [-0.3, -0.25) is 18.3 Å². The van der Waals surface area contributed by atoms with E-state index in [2.05, 4.69) is 52.9 Å². The summed E-state index contributed by atoms with van der Waals surface area (Å²) in [6.07, 6.45) is 1.00. The summed E-state index contributed by atoms with van der Waals surface area (Å²) < 4.78 is 38.5. The monoisotopic (exact) mass is 1060 g/mol. The van der Waals surface area contributed by atoms with Crippen LogP contribution in [-0.2, 0) is 46.3 Å². The van der Waals surface area contributed by atoms with Gasteiger partial charge in [0.2, 0.25) is 5.91 Å². The van der Waals surface area contributed by atoms with Gasteiger partial charge in [0.15, 0.2) is 0 Å². The number of urea groups is 3. The molecule has 0 heterocycles. The Balaban J connectivity index is -0.00000000534. The van der Waals surface area contributed by atoms with Crippen molar-refractivity contribution in [2.45, 2.75) is 155 Å². The Bertz CT molecular complexity index is 745. The number of rotatable bonds is 5. The second-order valence-corrected chi connectivity index (χ2v) is 6.91. The third-order valence-electron chi connectivity index (χ3n) is 1.06. The molecule has 7 amide bonds. The van der Waals surface area contributed by atoms with Gasteiger partial charge in [-0.25, -0.2) is 24.2 Å².